The number of nitrogen functional groups attached to an aromatic ring is 1. The summed E-state index contributed by atoms with van der Waals surface area (Å²) in [5.74, 6) is -1.85. The third-order valence-electron chi connectivity index (χ3n) is 2.97. The summed E-state index contributed by atoms with van der Waals surface area (Å²) in [5, 5.41) is 21.7. The Morgan fingerprint density at radius 2 is 1.80 bits per heavy atom. The first-order valence-electron chi connectivity index (χ1n) is 5.78. The molecule has 0 fully saturated rings. The minimum atomic E-state index is -1.13. The molecule has 0 atom stereocenters. The minimum absolute atomic E-state index is 0.0790. The van der Waals surface area contributed by atoms with Gasteiger partial charge in [-0.2, -0.15) is 5.10 Å². The van der Waals surface area contributed by atoms with E-state index in [1.165, 1.54) is 16.8 Å². The molecule has 7 nitrogen and oxygen atoms in total. The van der Waals surface area contributed by atoms with Crippen LogP contribution in [0.4, 0.5) is 5.82 Å². The summed E-state index contributed by atoms with van der Waals surface area (Å²) in [6, 6.07) is 6.23. The second kappa shape index (κ2) is 5.04. The summed E-state index contributed by atoms with van der Waals surface area (Å²) >= 11 is 0. The summed E-state index contributed by atoms with van der Waals surface area (Å²) in [7, 11) is 0. The SMILES string of the molecule is Cc1c(C(=O)O)nn(Cc2ccc(C(=O)O)cc2)c1N. The predicted octanol–water partition coefficient (Wildman–Crippen LogP) is 1.22. The number of carbonyl (C=O) groups is 2. The Balaban J connectivity index is 2.28. The normalized spacial score (nSPS) is 10.4. The molecule has 20 heavy (non-hydrogen) atoms. The highest BCUT2D eigenvalue weighted by Crippen LogP contribution is 2.17. The van der Waals surface area contributed by atoms with E-state index >= 15 is 0 Å². The zero-order valence-corrected chi connectivity index (χ0v) is 10.7. The average molecular weight is 275 g/mol. The first kappa shape index (κ1) is 13.6. The molecule has 104 valence electrons. The van der Waals surface area contributed by atoms with Crippen molar-refractivity contribution in [3.8, 4) is 0 Å². The molecule has 0 saturated heterocycles. The van der Waals surface area contributed by atoms with E-state index in [2.05, 4.69) is 5.10 Å². The fourth-order valence-corrected chi connectivity index (χ4v) is 1.81. The molecule has 0 aliphatic heterocycles. The third-order valence-corrected chi connectivity index (χ3v) is 2.97. The highest BCUT2D eigenvalue weighted by atomic mass is 16.4. The predicted molar refractivity (Wildman–Crippen MR) is 70.8 cm³/mol. The van der Waals surface area contributed by atoms with Crippen LogP contribution < -0.4 is 5.73 Å². The van der Waals surface area contributed by atoms with Crippen LogP contribution in [0.2, 0.25) is 0 Å². The summed E-state index contributed by atoms with van der Waals surface area (Å²) in [6.07, 6.45) is 0. The number of anilines is 1. The maximum Gasteiger partial charge on any atom is 0.356 e. The molecule has 0 spiro atoms. The third kappa shape index (κ3) is 2.46. The maximum absolute atomic E-state index is 11.0. The van der Waals surface area contributed by atoms with E-state index in [4.69, 9.17) is 15.9 Å². The molecular formula is C13H13N3O4. The highest BCUT2D eigenvalue weighted by Gasteiger charge is 2.17. The fourth-order valence-electron chi connectivity index (χ4n) is 1.81. The highest BCUT2D eigenvalue weighted by molar-refractivity contribution is 5.88. The maximum atomic E-state index is 11.0. The lowest BCUT2D eigenvalue weighted by Crippen LogP contribution is -2.07. The van der Waals surface area contributed by atoms with E-state index in [0.717, 1.165) is 5.56 Å². The van der Waals surface area contributed by atoms with Crippen molar-refractivity contribution in [2.75, 3.05) is 5.73 Å². The molecule has 4 N–H and O–H groups in total. The smallest absolute Gasteiger partial charge is 0.356 e. The first-order valence-corrected chi connectivity index (χ1v) is 5.78. The Hall–Kier alpha value is -2.83. The van der Waals surface area contributed by atoms with Gasteiger partial charge in [-0.05, 0) is 24.6 Å². The van der Waals surface area contributed by atoms with Crippen LogP contribution in [0.5, 0.6) is 0 Å². The zero-order chi connectivity index (χ0) is 14.9. The van der Waals surface area contributed by atoms with Crippen molar-refractivity contribution in [3.05, 3.63) is 46.6 Å². The van der Waals surface area contributed by atoms with E-state index in [-0.39, 0.29) is 23.6 Å². The number of carboxylic acids is 2. The summed E-state index contributed by atoms with van der Waals surface area (Å²) in [5.41, 5.74) is 7.11. The standard InChI is InChI=1S/C13H13N3O4/c1-7-10(13(19)20)15-16(11(7)14)6-8-2-4-9(5-3-8)12(17)18/h2-5H,6,14H2,1H3,(H,17,18)(H,19,20). The molecule has 1 aromatic heterocycles. The Bertz CT molecular complexity index is 674. The lowest BCUT2D eigenvalue weighted by atomic mass is 10.1. The van der Waals surface area contributed by atoms with Crippen LogP contribution in [0.3, 0.4) is 0 Å². The molecule has 0 saturated carbocycles. The quantitative estimate of drug-likeness (QED) is 0.772. The number of carboxylic acid groups (broad SMARTS) is 2. The molecule has 7 heteroatoms. The molecule has 0 aliphatic rings. The number of aromatic nitrogens is 2. The second-order valence-corrected chi connectivity index (χ2v) is 4.32. The van der Waals surface area contributed by atoms with Crippen molar-refractivity contribution < 1.29 is 19.8 Å². The topological polar surface area (TPSA) is 118 Å². The van der Waals surface area contributed by atoms with Gasteiger partial charge in [-0.1, -0.05) is 12.1 Å². The van der Waals surface area contributed by atoms with Crippen LogP contribution in [-0.2, 0) is 6.54 Å². The lowest BCUT2D eigenvalue weighted by molar-refractivity contribution is 0.0681. The van der Waals surface area contributed by atoms with E-state index in [1.54, 1.807) is 19.1 Å². The summed E-state index contributed by atoms with van der Waals surface area (Å²) in [6.45, 7) is 1.87. The minimum Gasteiger partial charge on any atom is -0.478 e. The van der Waals surface area contributed by atoms with E-state index in [0.29, 0.717) is 5.56 Å². The van der Waals surface area contributed by atoms with Gasteiger partial charge < -0.3 is 15.9 Å². The largest absolute Gasteiger partial charge is 0.478 e. The van der Waals surface area contributed by atoms with Crippen molar-refractivity contribution >= 4 is 17.8 Å². The van der Waals surface area contributed by atoms with Gasteiger partial charge in [0, 0.05) is 5.56 Å². The van der Waals surface area contributed by atoms with Crippen molar-refractivity contribution in [2.24, 2.45) is 0 Å². The Kier molecular flexibility index (Phi) is 3.43. The number of rotatable bonds is 4. The van der Waals surface area contributed by atoms with Gasteiger partial charge in [-0.15, -0.1) is 0 Å². The monoisotopic (exact) mass is 275 g/mol. The summed E-state index contributed by atoms with van der Waals surface area (Å²) in [4.78, 5) is 21.7. The molecular weight excluding hydrogens is 262 g/mol. The van der Waals surface area contributed by atoms with Gasteiger partial charge in [0.05, 0.1) is 12.1 Å². The van der Waals surface area contributed by atoms with Gasteiger partial charge in [-0.25, -0.2) is 14.3 Å². The number of nitrogens with two attached hydrogens (primary N) is 1. The van der Waals surface area contributed by atoms with E-state index in [1.807, 2.05) is 0 Å². The molecule has 0 bridgehead atoms. The number of nitrogens with zero attached hydrogens (tertiary/aromatic N) is 2. The van der Waals surface area contributed by atoms with Crippen LogP contribution >= 0.6 is 0 Å². The molecule has 0 radical (unpaired) electrons. The van der Waals surface area contributed by atoms with Gasteiger partial charge in [-0.3, -0.25) is 0 Å². The van der Waals surface area contributed by atoms with Crippen LogP contribution in [0.15, 0.2) is 24.3 Å². The molecule has 1 heterocycles. The van der Waals surface area contributed by atoms with Crippen molar-refractivity contribution in [1.29, 1.82) is 0 Å². The summed E-state index contributed by atoms with van der Waals surface area (Å²) < 4.78 is 1.38. The van der Waals surface area contributed by atoms with Crippen molar-refractivity contribution in [3.63, 3.8) is 0 Å². The fraction of sp³-hybridized carbons (Fsp3) is 0.154. The van der Waals surface area contributed by atoms with Crippen LogP contribution in [0.25, 0.3) is 0 Å². The molecule has 0 unspecified atom stereocenters. The molecule has 0 aliphatic carbocycles. The Labute approximate surface area is 114 Å². The first-order chi connectivity index (χ1) is 9.40. The van der Waals surface area contributed by atoms with Crippen LogP contribution in [-0.4, -0.2) is 31.9 Å². The number of hydrogen-bond acceptors (Lipinski definition) is 4. The number of aromatic carboxylic acids is 2. The zero-order valence-electron chi connectivity index (χ0n) is 10.7. The van der Waals surface area contributed by atoms with Crippen molar-refractivity contribution in [1.82, 2.24) is 9.78 Å². The van der Waals surface area contributed by atoms with Crippen LogP contribution in [0.1, 0.15) is 32.0 Å². The number of hydrogen-bond donors (Lipinski definition) is 3. The van der Waals surface area contributed by atoms with E-state index in [9.17, 15) is 9.59 Å². The van der Waals surface area contributed by atoms with Gasteiger partial charge >= 0.3 is 11.9 Å². The average Bonchev–Trinajstić information content (AvgIpc) is 2.68. The van der Waals surface area contributed by atoms with E-state index < -0.39 is 11.9 Å². The molecule has 2 aromatic rings. The lowest BCUT2D eigenvalue weighted by Gasteiger charge is -2.05. The Morgan fingerprint density at radius 1 is 1.20 bits per heavy atom. The van der Waals surface area contributed by atoms with Gasteiger partial charge in [0.1, 0.15) is 5.82 Å². The molecule has 1 aromatic carbocycles. The van der Waals surface area contributed by atoms with Crippen molar-refractivity contribution in [2.45, 2.75) is 13.5 Å². The molecule has 0 amide bonds. The molecule has 2 rings (SSSR count). The van der Waals surface area contributed by atoms with Gasteiger partial charge in [0.15, 0.2) is 5.69 Å². The second-order valence-electron chi connectivity index (χ2n) is 4.32. The van der Waals surface area contributed by atoms with Gasteiger partial charge in [0.25, 0.3) is 0 Å². The van der Waals surface area contributed by atoms with Gasteiger partial charge in [0.2, 0.25) is 0 Å². The number of benzene rings is 1. The van der Waals surface area contributed by atoms with Crippen LogP contribution in [0, 0.1) is 6.92 Å². The Morgan fingerprint density at radius 3 is 2.25 bits per heavy atom.